The fourth-order valence-electron chi connectivity index (χ4n) is 2.35. The third kappa shape index (κ3) is 2.49. The smallest absolute Gasteiger partial charge is 0.251 e. The van der Waals surface area contributed by atoms with Crippen LogP contribution in [0.2, 0.25) is 0 Å². The molecule has 86 valence electrons. The zero-order valence-electron chi connectivity index (χ0n) is 9.19. The largest absolute Gasteiger partial charge is 0.393 e. The van der Waals surface area contributed by atoms with Gasteiger partial charge >= 0.3 is 0 Å². The van der Waals surface area contributed by atoms with Crippen molar-refractivity contribution in [2.24, 2.45) is 5.92 Å². The number of nitrogens with zero attached hydrogens (tertiary/aromatic N) is 1. The molecule has 1 N–H and O–H groups in total. The average Bonchev–Trinajstić information content (AvgIpc) is 2.66. The monoisotopic (exact) mass is 213 g/mol. The van der Waals surface area contributed by atoms with E-state index in [4.69, 9.17) is 9.84 Å². The van der Waals surface area contributed by atoms with Crippen molar-refractivity contribution in [1.29, 1.82) is 0 Å². The molecular formula is C11H19NO3. The fraction of sp³-hybridized carbons (Fsp3) is 0.909. The molecule has 4 nitrogen and oxygen atoms in total. The number of aliphatic hydroxyl groups is 1. The number of carbonyl (C=O) groups is 1. The second-order valence-electron chi connectivity index (χ2n) is 4.71. The van der Waals surface area contributed by atoms with Crippen LogP contribution in [-0.2, 0) is 9.53 Å². The van der Waals surface area contributed by atoms with Gasteiger partial charge in [0.15, 0.2) is 0 Å². The Labute approximate surface area is 90.2 Å². The number of hydrogen-bond acceptors (Lipinski definition) is 3. The molecule has 0 radical (unpaired) electrons. The molecule has 0 bridgehead atoms. The molecule has 1 saturated carbocycles. The highest BCUT2D eigenvalue weighted by molar-refractivity contribution is 5.80. The molecule has 0 aromatic heterocycles. The van der Waals surface area contributed by atoms with E-state index in [1.165, 1.54) is 0 Å². The van der Waals surface area contributed by atoms with Gasteiger partial charge in [0.05, 0.1) is 6.10 Å². The Morgan fingerprint density at radius 2 is 2.27 bits per heavy atom. The maximum atomic E-state index is 11.8. The van der Waals surface area contributed by atoms with E-state index in [0.717, 1.165) is 32.2 Å². The summed E-state index contributed by atoms with van der Waals surface area (Å²) in [4.78, 5) is 13.6. The topological polar surface area (TPSA) is 49.8 Å². The minimum atomic E-state index is -0.208. The highest BCUT2D eigenvalue weighted by Crippen LogP contribution is 2.28. The van der Waals surface area contributed by atoms with Crippen LogP contribution in [0.3, 0.4) is 0 Å². The van der Waals surface area contributed by atoms with Crippen molar-refractivity contribution in [1.82, 2.24) is 4.90 Å². The summed E-state index contributed by atoms with van der Waals surface area (Å²) in [5.41, 5.74) is 0. The first-order valence-corrected chi connectivity index (χ1v) is 5.71. The minimum absolute atomic E-state index is 0.105. The van der Waals surface area contributed by atoms with Gasteiger partial charge in [-0.3, -0.25) is 4.79 Å². The van der Waals surface area contributed by atoms with Crippen LogP contribution in [0.15, 0.2) is 0 Å². The molecular weight excluding hydrogens is 194 g/mol. The maximum absolute atomic E-state index is 11.8. The van der Waals surface area contributed by atoms with Crippen LogP contribution in [0.1, 0.15) is 25.7 Å². The lowest BCUT2D eigenvalue weighted by atomic mass is 9.82. The van der Waals surface area contributed by atoms with E-state index >= 15 is 0 Å². The summed E-state index contributed by atoms with van der Waals surface area (Å²) in [6.45, 7) is 1.47. The van der Waals surface area contributed by atoms with Gasteiger partial charge in [0.2, 0.25) is 0 Å². The van der Waals surface area contributed by atoms with Gasteiger partial charge in [-0.1, -0.05) is 0 Å². The van der Waals surface area contributed by atoms with Gasteiger partial charge in [-0.2, -0.15) is 0 Å². The van der Waals surface area contributed by atoms with Crippen molar-refractivity contribution in [2.45, 2.75) is 37.9 Å². The third-order valence-corrected chi connectivity index (χ3v) is 3.32. The molecule has 1 aliphatic carbocycles. The predicted octanol–water partition coefficient (Wildman–Crippen LogP) is 0.395. The SMILES string of the molecule is CN(CC1CC(O)C1)C(=O)[C@@H]1CCCO1. The Morgan fingerprint density at radius 1 is 1.53 bits per heavy atom. The van der Waals surface area contributed by atoms with E-state index < -0.39 is 0 Å². The summed E-state index contributed by atoms with van der Waals surface area (Å²) in [7, 11) is 1.83. The molecule has 0 aromatic rings. The number of rotatable bonds is 3. The summed E-state index contributed by atoms with van der Waals surface area (Å²) in [5, 5.41) is 9.15. The van der Waals surface area contributed by atoms with Crippen LogP contribution in [0, 0.1) is 5.92 Å². The van der Waals surface area contributed by atoms with Gasteiger partial charge in [-0.25, -0.2) is 0 Å². The van der Waals surface area contributed by atoms with Crippen molar-refractivity contribution in [3.8, 4) is 0 Å². The second-order valence-corrected chi connectivity index (χ2v) is 4.71. The first-order chi connectivity index (χ1) is 7.16. The molecule has 4 heteroatoms. The Bertz CT molecular complexity index is 232. The van der Waals surface area contributed by atoms with Crippen LogP contribution >= 0.6 is 0 Å². The molecule has 1 saturated heterocycles. The van der Waals surface area contributed by atoms with E-state index in [0.29, 0.717) is 12.5 Å². The number of ether oxygens (including phenoxy) is 1. The van der Waals surface area contributed by atoms with Gasteiger partial charge in [0, 0.05) is 20.2 Å². The number of likely N-dealkylation sites (N-methyl/N-ethyl adjacent to an activating group) is 1. The summed E-state index contributed by atoms with van der Waals surface area (Å²) >= 11 is 0. The summed E-state index contributed by atoms with van der Waals surface area (Å²) in [5.74, 6) is 0.587. The number of carbonyl (C=O) groups excluding carboxylic acids is 1. The number of aliphatic hydroxyl groups excluding tert-OH is 1. The molecule has 1 amide bonds. The van der Waals surface area contributed by atoms with E-state index in [-0.39, 0.29) is 18.1 Å². The Kier molecular flexibility index (Phi) is 3.26. The van der Waals surface area contributed by atoms with E-state index in [1.807, 2.05) is 7.05 Å². The predicted molar refractivity (Wildman–Crippen MR) is 55.3 cm³/mol. The summed E-state index contributed by atoms with van der Waals surface area (Å²) in [6, 6.07) is 0. The molecule has 1 aliphatic heterocycles. The number of amides is 1. The first kappa shape index (κ1) is 10.9. The van der Waals surface area contributed by atoms with Crippen molar-refractivity contribution in [2.75, 3.05) is 20.2 Å². The zero-order valence-corrected chi connectivity index (χ0v) is 9.19. The highest BCUT2D eigenvalue weighted by atomic mass is 16.5. The van der Waals surface area contributed by atoms with E-state index in [2.05, 4.69) is 0 Å². The van der Waals surface area contributed by atoms with Crippen molar-refractivity contribution in [3.05, 3.63) is 0 Å². The van der Waals surface area contributed by atoms with Crippen LogP contribution in [0.5, 0.6) is 0 Å². The number of hydrogen-bond donors (Lipinski definition) is 1. The van der Waals surface area contributed by atoms with Gasteiger partial charge in [0.1, 0.15) is 6.10 Å². The first-order valence-electron chi connectivity index (χ1n) is 5.71. The molecule has 2 aliphatic rings. The molecule has 1 heterocycles. The van der Waals surface area contributed by atoms with E-state index in [1.54, 1.807) is 4.90 Å². The Morgan fingerprint density at radius 3 is 2.80 bits per heavy atom. The lowest BCUT2D eigenvalue weighted by molar-refractivity contribution is -0.141. The lowest BCUT2D eigenvalue weighted by Gasteiger charge is -2.35. The van der Waals surface area contributed by atoms with Gasteiger partial charge in [-0.15, -0.1) is 0 Å². The third-order valence-electron chi connectivity index (χ3n) is 3.32. The molecule has 15 heavy (non-hydrogen) atoms. The molecule has 0 aromatic carbocycles. The molecule has 0 spiro atoms. The quantitative estimate of drug-likeness (QED) is 0.738. The lowest BCUT2D eigenvalue weighted by Crippen LogP contribution is -2.43. The van der Waals surface area contributed by atoms with Crippen LogP contribution < -0.4 is 0 Å². The second kappa shape index (κ2) is 4.49. The van der Waals surface area contributed by atoms with Crippen LogP contribution in [0.25, 0.3) is 0 Å². The normalized spacial score (nSPS) is 34.9. The fourth-order valence-corrected chi connectivity index (χ4v) is 2.35. The van der Waals surface area contributed by atoms with Crippen molar-refractivity contribution in [3.63, 3.8) is 0 Å². The molecule has 1 atom stereocenters. The van der Waals surface area contributed by atoms with Crippen LogP contribution in [0.4, 0.5) is 0 Å². The van der Waals surface area contributed by atoms with Crippen molar-refractivity contribution < 1.29 is 14.6 Å². The van der Waals surface area contributed by atoms with Gasteiger partial charge in [0.25, 0.3) is 5.91 Å². The summed E-state index contributed by atoms with van der Waals surface area (Å²) < 4.78 is 5.35. The van der Waals surface area contributed by atoms with Crippen molar-refractivity contribution >= 4 is 5.91 Å². The highest BCUT2D eigenvalue weighted by Gasteiger charge is 2.32. The zero-order chi connectivity index (χ0) is 10.8. The maximum Gasteiger partial charge on any atom is 0.251 e. The standard InChI is InChI=1S/C11H19NO3/c1-12(7-8-5-9(13)6-8)11(14)10-3-2-4-15-10/h8-10,13H,2-7H2,1H3/t8?,9?,10-/m0/s1. The van der Waals surface area contributed by atoms with Gasteiger partial charge in [-0.05, 0) is 31.6 Å². The Balaban J connectivity index is 1.74. The molecule has 2 rings (SSSR count). The Hall–Kier alpha value is -0.610. The average molecular weight is 213 g/mol. The van der Waals surface area contributed by atoms with Gasteiger partial charge < -0.3 is 14.7 Å². The summed E-state index contributed by atoms with van der Waals surface area (Å²) in [6.07, 6.45) is 3.18. The molecule has 0 unspecified atom stereocenters. The van der Waals surface area contributed by atoms with E-state index in [9.17, 15) is 4.79 Å². The van der Waals surface area contributed by atoms with Crippen LogP contribution in [-0.4, -0.2) is 48.3 Å². The minimum Gasteiger partial charge on any atom is -0.393 e. The molecule has 2 fully saturated rings.